The third-order valence-electron chi connectivity index (χ3n) is 6.05. The molecule has 0 unspecified atom stereocenters. The lowest BCUT2D eigenvalue weighted by Gasteiger charge is -2.42. The van der Waals surface area contributed by atoms with Crippen molar-refractivity contribution in [3.05, 3.63) is 53.3 Å². The Morgan fingerprint density at radius 2 is 1.93 bits per heavy atom. The Balaban J connectivity index is 1.67. The molecule has 1 aromatic carbocycles. The zero-order valence-electron chi connectivity index (χ0n) is 15.1. The second-order valence-electron chi connectivity index (χ2n) is 7.82. The van der Waals surface area contributed by atoms with Crippen molar-refractivity contribution in [1.82, 2.24) is 4.98 Å². The van der Waals surface area contributed by atoms with E-state index in [1.165, 1.54) is 6.42 Å². The Kier molecular flexibility index (Phi) is 3.78. The van der Waals surface area contributed by atoms with Gasteiger partial charge >= 0.3 is 5.97 Å². The molecule has 1 aliphatic carbocycles. The van der Waals surface area contributed by atoms with E-state index in [9.17, 15) is 9.59 Å². The van der Waals surface area contributed by atoms with Crippen LogP contribution in [0.25, 0.3) is 0 Å². The number of Topliss-reactive ketones (excluding diaryl/α,β-unsaturated/α-hetero) is 1. The molecule has 1 spiro atoms. The molecule has 5 nitrogen and oxygen atoms in total. The van der Waals surface area contributed by atoms with Crippen LogP contribution in [0.1, 0.15) is 72.3 Å². The van der Waals surface area contributed by atoms with Gasteiger partial charge in [-0.3, -0.25) is 14.6 Å². The number of ether oxygens (including phenoxy) is 2. The summed E-state index contributed by atoms with van der Waals surface area (Å²) in [7, 11) is 0. The SMILES string of the molecule is O=C1C[C@H](c2cccnc2)c2c(ccc3c2OC2(CCCCC2)CC3=O)O1. The number of hydrogen-bond acceptors (Lipinski definition) is 5. The smallest absolute Gasteiger partial charge is 0.312 e. The van der Waals surface area contributed by atoms with E-state index in [2.05, 4.69) is 4.98 Å². The molecule has 1 aromatic heterocycles. The first-order chi connectivity index (χ1) is 13.2. The van der Waals surface area contributed by atoms with E-state index in [-0.39, 0.29) is 24.1 Å². The van der Waals surface area contributed by atoms with Gasteiger partial charge in [0, 0.05) is 23.9 Å². The Hall–Kier alpha value is -2.69. The second kappa shape index (κ2) is 6.19. The minimum absolute atomic E-state index is 0.128. The van der Waals surface area contributed by atoms with Crippen molar-refractivity contribution < 1.29 is 19.1 Å². The highest BCUT2D eigenvalue weighted by Crippen LogP contribution is 2.50. The number of nitrogens with zero attached hydrogens (tertiary/aromatic N) is 1. The lowest BCUT2D eigenvalue weighted by atomic mass is 9.76. The number of ketones is 1. The molecule has 138 valence electrons. The summed E-state index contributed by atoms with van der Waals surface area (Å²) in [6.45, 7) is 0. The van der Waals surface area contributed by atoms with E-state index in [1.807, 2.05) is 12.1 Å². The van der Waals surface area contributed by atoms with Gasteiger partial charge in [-0.2, -0.15) is 0 Å². The van der Waals surface area contributed by atoms with Crippen LogP contribution in [0.4, 0.5) is 0 Å². The Bertz CT molecular complexity index is 915. The summed E-state index contributed by atoms with van der Waals surface area (Å²) in [5, 5.41) is 0. The second-order valence-corrected chi connectivity index (χ2v) is 7.82. The van der Waals surface area contributed by atoms with E-state index in [0.717, 1.165) is 36.8 Å². The van der Waals surface area contributed by atoms with Gasteiger partial charge in [0.25, 0.3) is 0 Å². The number of esters is 1. The Labute approximate surface area is 157 Å². The summed E-state index contributed by atoms with van der Waals surface area (Å²) in [6, 6.07) is 7.29. The Morgan fingerprint density at radius 1 is 1.07 bits per heavy atom. The van der Waals surface area contributed by atoms with Gasteiger partial charge in [0.1, 0.15) is 17.1 Å². The fourth-order valence-electron chi connectivity index (χ4n) is 4.74. The van der Waals surface area contributed by atoms with Crippen LogP contribution in [0.3, 0.4) is 0 Å². The summed E-state index contributed by atoms with van der Waals surface area (Å²) in [5.41, 5.74) is 1.95. The summed E-state index contributed by atoms with van der Waals surface area (Å²) in [6.07, 6.45) is 9.30. The third kappa shape index (κ3) is 2.73. The van der Waals surface area contributed by atoms with Crippen LogP contribution in [0, 0.1) is 0 Å². The fraction of sp³-hybridized carbons (Fsp3) is 0.409. The summed E-state index contributed by atoms with van der Waals surface area (Å²) in [5.74, 6) is 0.761. The molecule has 0 saturated heterocycles. The van der Waals surface area contributed by atoms with Crippen molar-refractivity contribution in [2.75, 3.05) is 0 Å². The van der Waals surface area contributed by atoms with Gasteiger partial charge in [-0.05, 0) is 49.4 Å². The number of benzene rings is 1. The van der Waals surface area contributed by atoms with Crippen molar-refractivity contribution in [3.63, 3.8) is 0 Å². The molecule has 3 aliphatic rings. The van der Waals surface area contributed by atoms with Crippen LogP contribution in [0.15, 0.2) is 36.7 Å². The zero-order chi connectivity index (χ0) is 18.4. The van der Waals surface area contributed by atoms with Crippen molar-refractivity contribution in [3.8, 4) is 11.5 Å². The number of hydrogen-bond donors (Lipinski definition) is 0. The molecule has 5 rings (SSSR count). The van der Waals surface area contributed by atoms with Crippen molar-refractivity contribution in [1.29, 1.82) is 0 Å². The molecule has 2 aromatic rings. The number of pyridine rings is 1. The number of rotatable bonds is 1. The first-order valence-corrected chi connectivity index (χ1v) is 9.65. The van der Waals surface area contributed by atoms with Gasteiger partial charge in [-0.1, -0.05) is 12.5 Å². The number of fused-ring (bicyclic) bond motifs is 3. The molecule has 1 atom stereocenters. The molecule has 2 aliphatic heterocycles. The number of carbonyl (C=O) groups is 2. The van der Waals surface area contributed by atoms with Crippen LogP contribution >= 0.6 is 0 Å². The van der Waals surface area contributed by atoms with E-state index < -0.39 is 5.60 Å². The van der Waals surface area contributed by atoms with Crippen molar-refractivity contribution in [2.24, 2.45) is 0 Å². The molecule has 0 amide bonds. The van der Waals surface area contributed by atoms with Gasteiger partial charge in [-0.15, -0.1) is 0 Å². The largest absolute Gasteiger partial charge is 0.486 e. The van der Waals surface area contributed by atoms with Gasteiger partial charge in [-0.25, -0.2) is 0 Å². The van der Waals surface area contributed by atoms with Gasteiger partial charge in [0.15, 0.2) is 5.78 Å². The Morgan fingerprint density at radius 3 is 2.70 bits per heavy atom. The molecule has 27 heavy (non-hydrogen) atoms. The average Bonchev–Trinajstić information content (AvgIpc) is 2.68. The van der Waals surface area contributed by atoms with Crippen LogP contribution in [-0.4, -0.2) is 22.3 Å². The maximum atomic E-state index is 13.0. The summed E-state index contributed by atoms with van der Waals surface area (Å²) >= 11 is 0. The van der Waals surface area contributed by atoms with Gasteiger partial charge in [0.05, 0.1) is 18.4 Å². The molecule has 0 N–H and O–H groups in total. The van der Waals surface area contributed by atoms with Gasteiger partial charge < -0.3 is 9.47 Å². The highest BCUT2D eigenvalue weighted by Gasteiger charge is 2.44. The standard InChI is InChI=1S/C22H21NO4/c24-17-12-22(8-2-1-3-9-22)27-21-15(17)6-7-18-20(21)16(11-19(25)26-18)14-5-4-10-23-13-14/h4-7,10,13,16H,1-3,8-9,11-12H2/t16-/m1/s1. The maximum absolute atomic E-state index is 13.0. The lowest BCUT2D eigenvalue weighted by Crippen LogP contribution is -2.44. The monoisotopic (exact) mass is 363 g/mol. The number of carbonyl (C=O) groups excluding carboxylic acids is 2. The molecule has 5 heteroatoms. The summed E-state index contributed by atoms with van der Waals surface area (Å²) in [4.78, 5) is 29.3. The lowest BCUT2D eigenvalue weighted by molar-refractivity contribution is -0.135. The molecule has 1 fully saturated rings. The molecule has 1 saturated carbocycles. The molecule has 0 bridgehead atoms. The first kappa shape index (κ1) is 16.5. The summed E-state index contributed by atoms with van der Waals surface area (Å²) < 4.78 is 12.1. The van der Waals surface area contributed by atoms with Crippen LogP contribution < -0.4 is 9.47 Å². The predicted octanol–water partition coefficient (Wildman–Crippen LogP) is 4.19. The predicted molar refractivity (Wildman–Crippen MR) is 98.2 cm³/mol. The fourth-order valence-corrected chi connectivity index (χ4v) is 4.74. The molecular weight excluding hydrogens is 342 g/mol. The van der Waals surface area contributed by atoms with Crippen LogP contribution in [-0.2, 0) is 4.79 Å². The van der Waals surface area contributed by atoms with E-state index >= 15 is 0 Å². The third-order valence-corrected chi connectivity index (χ3v) is 6.05. The normalized spacial score (nSPS) is 23.2. The first-order valence-electron chi connectivity index (χ1n) is 9.65. The van der Waals surface area contributed by atoms with Crippen LogP contribution in [0.2, 0.25) is 0 Å². The molecule has 0 radical (unpaired) electrons. The number of aromatic nitrogens is 1. The van der Waals surface area contributed by atoms with Crippen LogP contribution in [0.5, 0.6) is 11.5 Å². The van der Waals surface area contributed by atoms with Gasteiger partial charge in [0.2, 0.25) is 0 Å². The van der Waals surface area contributed by atoms with Crippen molar-refractivity contribution >= 4 is 11.8 Å². The average molecular weight is 363 g/mol. The highest BCUT2D eigenvalue weighted by molar-refractivity contribution is 6.01. The zero-order valence-corrected chi connectivity index (χ0v) is 15.1. The van der Waals surface area contributed by atoms with E-state index in [1.54, 1.807) is 24.5 Å². The minimum Gasteiger partial charge on any atom is -0.486 e. The van der Waals surface area contributed by atoms with Crippen molar-refractivity contribution in [2.45, 2.75) is 56.5 Å². The minimum atomic E-state index is -0.404. The molecular formula is C22H21NO4. The maximum Gasteiger partial charge on any atom is 0.312 e. The quantitative estimate of drug-likeness (QED) is 0.561. The highest BCUT2D eigenvalue weighted by atomic mass is 16.5. The molecule has 3 heterocycles. The van der Waals surface area contributed by atoms with E-state index in [0.29, 0.717) is 23.5 Å². The topological polar surface area (TPSA) is 65.5 Å². The van der Waals surface area contributed by atoms with E-state index in [4.69, 9.17) is 9.47 Å².